The molecule has 1 unspecified atom stereocenters. The highest BCUT2D eigenvalue weighted by Gasteiger charge is 2.25. The van der Waals surface area contributed by atoms with Gasteiger partial charge in [0.1, 0.15) is 15.7 Å². The molecule has 1 aliphatic heterocycles. The minimum atomic E-state index is -0.328. The predicted octanol–water partition coefficient (Wildman–Crippen LogP) is 3.95. The first kappa shape index (κ1) is 17.8. The number of hydrogen-bond donors (Lipinski definition) is 1. The summed E-state index contributed by atoms with van der Waals surface area (Å²) in [5.41, 5.74) is 1.71. The Morgan fingerprint density at radius 1 is 1.19 bits per heavy atom. The van der Waals surface area contributed by atoms with Gasteiger partial charge in [0.2, 0.25) is 0 Å². The highest BCUT2D eigenvalue weighted by molar-refractivity contribution is 7.16. The van der Waals surface area contributed by atoms with Crippen LogP contribution in [0.4, 0.5) is 4.39 Å². The van der Waals surface area contributed by atoms with Gasteiger partial charge in [-0.05, 0) is 24.1 Å². The molecule has 1 N–H and O–H groups in total. The van der Waals surface area contributed by atoms with Crippen molar-refractivity contribution >= 4 is 17.2 Å². The summed E-state index contributed by atoms with van der Waals surface area (Å²) in [4.78, 5) is 19.6. The molecule has 1 saturated heterocycles. The fourth-order valence-electron chi connectivity index (χ4n) is 3.33. The third-order valence-corrected chi connectivity index (χ3v) is 5.72. The van der Waals surface area contributed by atoms with Gasteiger partial charge >= 0.3 is 0 Å². The number of carbonyl (C=O) groups is 1. The van der Waals surface area contributed by atoms with Crippen molar-refractivity contribution in [2.75, 3.05) is 13.1 Å². The summed E-state index contributed by atoms with van der Waals surface area (Å²) < 4.78 is 13.9. The molecule has 2 heterocycles. The number of hydrogen-bond acceptors (Lipinski definition) is 4. The predicted molar refractivity (Wildman–Crippen MR) is 105 cm³/mol. The minimum absolute atomic E-state index is 0.125. The van der Waals surface area contributed by atoms with E-state index in [0.717, 1.165) is 26.1 Å². The van der Waals surface area contributed by atoms with Crippen molar-refractivity contribution in [3.63, 3.8) is 0 Å². The van der Waals surface area contributed by atoms with Crippen molar-refractivity contribution in [3.05, 3.63) is 77.1 Å². The van der Waals surface area contributed by atoms with E-state index in [9.17, 15) is 9.18 Å². The molecule has 1 fully saturated rings. The van der Waals surface area contributed by atoms with Crippen LogP contribution in [-0.2, 0) is 6.54 Å². The van der Waals surface area contributed by atoms with E-state index >= 15 is 0 Å². The van der Waals surface area contributed by atoms with Gasteiger partial charge in [-0.3, -0.25) is 9.69 Å². The Balaban J connectivity index is 1.35. The topological polar surface area (TPSA) is 45.2 Å². The van der Waals surface area contributed by atoms with Gasteiger partial charge in [0, 0.05) is 31.2 Å². The van der Waals surface area contributed by atoms with E-state index in [-0.39, 0.29) is 17.8 Å². The second kappa shape index (κ2) is 7.98. The maximum atomic E-state index is 13.9. The van der Waals surface area contributed by atoms with Crippen LogP contribution in [-0.4, -0.2) is 34.9 Å². The van der Waals surface area contributed by atoms with E-state index in [1.165, 1.54) is 29.2 Å². The van der Waals surface area contributed by atoms with E-state index in [1.807, 2.05) is 18.2 Å². The molecule has 1 atom stereocenters. The van der Waals surface area contributed by atoms with Gasteiger partial charge in [-0.1, -0.05) is 42.5 Å². The smallest absolute Gasteiger partial charge is 0.263 e. The largest absolute Gasteiger partial charge is 0.347 e. The van der Waals surface area contributed by atoms with Crippen molar-refractivity contribution in [3.8, 4) is 10.6 Å². The Kier molecular flexibility index (Phi) is 5.27. The Labute approximate surface area is 161 Å². The van der Waals surface area contributed by atoms with Gasteiger partial charge < -0.3 is 5.32 Å². The van der Waals surface area contributed by atoms with Crippen LogP contribution in [0.25, 0.3) is 10.6 Å². The quantitative estimate of drug-likeness (QED) is 0.728. The molecule has 3 aromatic rings. The van der Waals surface area contributed by atoms with Crippen molar-refractivity contribution in [2.45, 2.75) is 19.0 Å². The number of halogens is 1. The summed E-state index contributed by atoms with van der Waals surface area (Å²) in [6, 6.07) is 16.9. The second-order valence-electron chi connectivity index (χ2n) is 6.69. The summed E-state index contributed by atoms with van der Waals surface area (Å²) in [5.74, 6) is -0.465. The van der Waals surface area contributed by atoms with Crippen LogP contribution >= 0.6 is 11.3 Å². The number of rotatable bonds is 5. The Morgan fingerprint density at radius 3 is 2.78 bits per heavy atom. The fourth-order valence-corrected chi connectivity index (χ4v) is 4.18. The van der Waals surface area contributed by atoms with Crippen LogP contribution in [0.2, 0.25) is 0 Å². The molecule has 2 aromatic carbocycles. The van der Waals surface area contributed by atoms with Crippen LogP contribution in [0.5, 0.6) is 0 Å². The molecule has 0 bridgehead atoms. The molecule has 138 valence electrons. The number of amides is 1. The Morgan fingerprint density at radius 2 is 1.96 bits per heavy atom. The molecule has 0 radical (unpaired) electrons. The van der Waals surface area contributed by atoms with Crippen LogP contribution in [0.15, 0.2) is 60.8 Å². The SMILES string of the molecule is O=C(NC1CCN(Cc2ccccc2)C1)c1cnc(-c2ccccc2F)s1. The highest BCUT2D eigenvalue weighted by atomic mass is 32.1. The monoisotopic (exact) mass is 381 g/mol. The van der Waals surface area contributed by atoms with Gasteiger partial charge in [-0.2, -0.15) is 0 Å². The first-order valence-corrected chi connectivity index (χ1v) is 9.78. The number of benzene rings is 2. The van der Waals surface area contributed by atoms with E-state index in [4.69, 9.17) is 0 Å². The summed E-state index contributed by atoms with van der Waals surface area (Å²) in [5, 5.41) is 3.61. The van der Waals surface area contributed by atoms with E-state index in [0.29, 0.717) is 15.4 Å². The zero-order chi connectivity index (χ0) is 18.6. The standard InChI is InChI=1S/C21H20FN3OS/c22-18-9-5-4-8-17(18)21-23-12-19(27-21)20(26)24-16-10-11-25(14-16)13-15-6-2-1-3-7-15/h1-9,12,16H,10-11,13-14H2,(H,24,26). The highest BCUT2D eigenvalue weighted by Crippen LogP contribution is 2.27. The Bertz CT molecular complexity index is 928. The van der Waals surface area contributed by atoms with Gasteiger partial charge in [-0.25, -0.2) is 9.37 Å². The van der Waals surface area contributed by atoms with Gasteiger partial charge in [0.15, 0.2) is 0 Å². The van der Waals surface area contributed by atoms with Gasteiger partial charge in [0.05, 0.1) is 6.20 Å². The maximum Gasteiger partial charge on any atom is 0.263 e. The van der Waals surface area contributed by atoms with Crippen LogP contribution in [0.3, 0.4) is 0 Å². The van der Waals surface area contributed by atoms with Crippen molar-refractivity contribution < 1.29 is 9.18 Å². The average molecular weight is 381 g/mol. The van der Waals surface area contributed by atoms with Crippen molar-refractivity contribution in [2.24, 2.45) is 0 Å². The summed E-state index contributed by atoms with van der Waals surface area (Å²) >= 11 is 1.22. The molecule has 27 heavy (non-hydrogen) atoms. The first-order chi connectivity index (χ1) is 13.2. The normalized spacial score (nSPS) is 17.1. The molecule has 6 heteroatoms. The molecule has 4 rings (SSSR count). The third kappa shape index (κ3) is 4.23. The minimum Gasteiger partial charge on any atom is -0.347 e. The lowest BCUT2D eigenvalue weighted by Crippen LogP contribution is -2.36. The number of aromatic nitrogens is 1. The molecule has 4 nitrogen and oxygen atoms in total. The summed E-state index contributed by atoms with van der Waals surface area (Å²) in [7, 11) is 0. The molecule has 1 aromatic heterocycles. The lowest BCUT2D eigenvalue weighted by atomic mass is 10.2. The molecule has 0 spiro atoms. The van der Waals surface area contributed by atoms with Gasteiger partial charge in [-0.15, -0.1) is 11.3 Å². The molecular formula is C21H20FN3OS. The zero-order valence-corrected chi connectivity index (χ0v) is 15.6. The summed E-state index contributed by atoms with van der Waals surface area (Å²) in [6.07, 6.45) is 2.45. The Hall–Kier alpha value is -2.57. The van der Waals surface area contributed by atoms with E-state index < -0.39 is 0 Å². The molecule has 1 amide bonds. The van der Waals surface area contributed by atoms with E-state index in [1.54, 1.807) is 18.2 Å². The number of likely N-dealkylation sites (tertiary alicyclic amines) is 1. The number of thiazole rings is 1. The lowest BCUT2D eigenvalue weighted by molar-refractivity contribution is 0.0941. The molecule has 0 aliphatic carbocycles. The van der Waals surface area contributed by atoms with E-state index in [2.05, 4.69) is 27.3 Å². The fraction of sp³-hybridized carbons (Fsp3) is 0.238. The average Bonchev–Trinajstić information content (AvgIpc) is 3.33. The zero-order valence-electron chi connectivity index (χ0n) is 14.8. The van der Waals surface area contributed by atoms with Crippen molar-refractivity contribution in [1.82, 2.24) is 15.2 Å². The number of nitrogens with zero attached hydrogens (tertiary/aromatic N) is 2. The van der Waals surface area contributed by atoms with Crippen LogP contribution in [0, 0.1) is 5.82 Å². The maximum absolute atomic E-state index is 13.9. The molecule has 1 aliphatic rings. The van der Waals surface area contributed by atoms with Crippen LogP contribution in [0.1, 0.15) is 21.7 Å². The lowest BCUT2D eigenvalue weighted by Gasteiger charge is -2.16. The molecular weight excluding hydrogens is 361 g/mol. The second-order valence-corrected chi connectivity index (χ2v) is 7.72. The summed E-state index contributed by atoms with van der Waals surface area (Å²) in [6.45, 7) is 2.69. The van der Waals surface area contributed by atoms with Crippen molar-refractivity contribution in [1.29, 1.82) is 0 Å². The first-order valence-electron chi connectivity index (χ1n) is 8.97. The number of carbonyl (C=O) groups excluding carboxylic acids is 1. The third-order valence-electron chi connectivity index (χ3n) is 4.69. The van der Waals surface area contributed by atoms with Crippen LogP contribution < -0.4 is 5.32 Å². The number of nitrogens with one attached hydrogen (secondary N) is 1. The van der Waals surface area contributed by atoms with Gasteiger partial charge in [0.25, 0.3) is 5.91 Å². The molecule has 0 saturated carbocycles.